The molecule has 0 bridgehead atoms. The van der Waals surface area contributed by atoms with Crippen LogP contribution in [0.1, 0.15) is 42.0 Å². The van der Waals surface area contributed by atoms with Crippen LogP contribution in [-0.4, -0.2) is 16.2 Å². The van der Waals surface area contributed by atoms with Gasteiger partial charge in [-0.1, -0.05) is 19.8 Å². The highest BCUT2D eigenvalue weighted by Crippen LogP contribution is 2.31. The van der Waals surface area contributed by atoms with Crippen molar-refractivity contribution in [3.8, 4) is 0 Å². The second-order valence-electron chi connectivity index (χ2n) is 3.98. The lowest BCUT2D eigenvalue weighted by Gasteiger charge is -2.17. The standard InChI is InChI=1S/C12H18O3S/c1-3-4-5-9(12(14)15)11(13)10-7-6-8(2)16-10/h6-7,9,11,13H,3-5H2,1-2H3,(H,14,15). The first kappa shape index (κ1) is 13.2. The van der Waals surface area contributed by atoms with Gasteiger partial charge in [-0.15, -0.1) is 11.3 Å². The van der Waals surface area contributed by atoms with Crippen molar-refractivity contribution in [1.29, 1.82) is 0 Å². The number of aliphatic hydroxyl groups is 1. The molecule has 2 atom stereocenters. The normalized spacial score (nSPS) is 14.7. The monoisotopic (exact) mass is 242 g/mol. The van der Waals surface area contributed by atoms with E-state index in [9.17, 15) is 9.90 Å². The number of aliphatic hydroxyl groups excluding tert-OH is 1. The molecule has 1 aromatic heterocycles. The summed E-state index contributed by atoms with van der Waals surface area (Å²) in [5, 5.41) is 19.1. The summed E-state index contributed by atoms with van der Waals surface area (Å²) in [6, 6.07) is 3.72. The van der Waals surface area contributed by atoms with Crippen molar-refractivity contribution < 1.29 is 15.0 Å². The van der Waals surface area contributed by atoms with Crippen LogP contribution in [0.25, 0.3) is 0 Å². The largest absolute Gasteiger partial charge is 0.481 e. The van der Waals surface area contributed by atoms with E-state index in [1.807, 2.05) is 26.0 Å². The average molecular weight is 242 g/mol. The lowest BCUT2D eigenvalue weighted by atomic mass is 9.95. The van der Waals surface area contributed by atoms with Crippen LogP contribution in [0.3, 0.4) is 0 Å². The minimum absolute atomic E-state index is 0.532. The zero-order valence-electron chi connectivity index (χ0n) is 9.64. The first-order chi connectivity index (χ1) is 7.56. The predicted octanol–water partition coefficient (Wildman–Crippen LogP) is 2.98. The highest BCUT2D eigenvalue weighted by Gasteiger charge is 2.27. The van der Waals surface area contributed by atoms with Crippen LogP contribution < -0.4 is 0 Å². The summed E-state index contributed by atoms with van der Waals surface area (Å²) in [5.74, 6) is -1.59. The van der Waals surface area contributed by atoms with E-state index in [1.165, 1.54) is 11.3 Å². The molecule has 0 radical (unpaired) electrons. The number of aliphatic carboxylic acids is 1. The van der Waals surface area contributed by atoms with Gasteiger partial charge in [0.2, 0.25) is 0 Å². The number of unbranched alkanes of at least 4 members (excludes halogenated alkanes) is 1. The van der Waals surface area contributed by atoms with Crippen molar-refractivity contribution in [2.45, 2.75) is 39.2 Å². The van der Waals surface area contributed by atoms with E-state index in [2.05, 4.69) is 0 Å². The van der Waals surface area contributed by atoms with Crippen molar-refractivity contribution >= 4 is 17.3 Å². The molecule has 0 saturated heterocycles. The second-order valence-corrected chi connectivity index (χ2v) is 5.30. The number of aryl methyl sites for hydroxylation is 1. The van der Waals surface area contributed by atoms with Crippen LogP contribution in [0.5, 0.6) is 0 Å². The lowest BCUT2D eigenvalue weighted by molar-refractivity contribution is -0.146. The van der Waals surface area contributed by atoms with Gasteiger partial charge in [-0.05, 0) is 25.5 Å². The Bertz CT molecular complexity index is 346. The van der Waals surface area contributed by atoms with E-state index in [1.54, 1.807) is 0 Å². The quantitative estimate of drug-likeness (QED) is 0.806. The Hall–Kier alpha value is -0.870. The fraction of sp³-hybridized carbons (Fsp3) is 0.583. The Morgan fingerprint density at radius 1 is 1.50 bits per heavy atom. The lowest BCUT2D eigenvalue weighted by Crippen LogP contribution is -2.21. The summed E-state index contributed by atoms with van der Waals surface area (Å²) in [7, 11) is 0. The fourth-order valence-electron chi connectivity index (χ4n) is 1.65. The van der Waals surface area contributed by atoms with E-state index in [0.29, 0.717) is 6.42 Å². The number of rotatable bonds is 6. The van der Waals surface area contributed by atoms with Gasteiger partial charge < -0.3 is 10.2 Å². The molecule has 2 unspecified atom stereocenters. The van der Waals surface area contributed by atoms with Crippen LogP contribution in [0, 0.1) is 12.8 Å². The Kier molecular flexibility index (Phi) is 4.96. The van der Waals surface area contributed by atoms with Crippen LogP contribution in [-0.2, 0) is 4.79 Å². The Morgan fingerprint density at radius 3 is 2.62 bits per heavy atom. The topological polar surface area (TPSA) is 57.5 Å². The molecule has 0 aromatic carbocycles. The van der Waals surface area contributed by atoms with Crippen LogP contribution in [0.4, 0.5) is 0 Å². The molecule has 16 heavy (non-hydrogen) atoms. The van der Waals surface area contributed by atoms with Gasteiger partial charge in [0, 0.05) is 9.75 Å². The number of thiophene rings is 1. The van der Waals surface area contributed by atoms with E-state index in [4.69, 9.17) is 5.11 Å². The molecule has 0 fully saturated rings. The average Bonchev–Trinajstić information content (AvgIpc) is 2.64. The van der Waals surface area contributed by atoms with Gasteiger partial charge in [-0.3, -0.25) is 4.79 Å². The second kappa shape index (κ2) is 6.01. The van der Waals surface area contributed by atoms with Gasteiger partial charge >= 0.3 is 5.97 Å². The first-order valence-corrected chi connectivity index (χ1v) is 6.35. The smallest absolute Gasteiger partial charge is 0.309 e. The summed E-state index contributed by atoms with van der Waals surface area (Å²) in [6.45, 7) is 3.96. The van der Waals surface area contributed by atoms with E-state index < -0.39 is 18.0 Å². The highest BCUT2D eigenvalue weighted by atomic mass is 32.1. The molecule has 2 N–H and O–H groups in total. The molecule has 1 aromatic rings. The van der Waals surface area contributed by atoms with Crippen molar-refractivity contribution in [3.05, 3.63) is 21.9 Å². The first-order valence-electron chi connectivity index (χ1n) is 5.53. The molecule has 0 amide bonds. The maximum Gasteiger partial charge on any atom is 0.309 e. The maximum atomic E-state index is 11.1. The maximum absolute atomic E-state index is 11.1. The molecule has 0 spiro atoms. The van der Waals surface area contributed by atoms with Crippen LogP contribution in [0.2, 0.25) is 0 Å². The Balaban J connectivity index is 2.74. The molecule has 90 valence electrons. The minimum Gasteiger partial charge on any atom is -0.481 e. The van der Waals surface area contributed by atoms with Crippen LogP contribution in [0.15, 0.2) is 12.1 Å². The van der Waals surface area contributed by atoms with E-state index >= 15 is 0 Å². The van der Waals surface area contributed by atoms with Crippen LogP contribution >= 0.6 is 11.3 Å². The summed E-state index contributed by atoms with van der Waals surface area (Å²) >= 11 is 1.46. The molecule has 1 rings (SSSR count). The fourth-order valence-corrected chi connectivity index (χ4v) is 2.58. The van der Waals surface area contributed by atoms with E-state index in [0.717, 1.165) is 22.6 Å². The van der Waals surface area contributed by atoms with Gasteiger partial charge in [-0.2, -0.15) is 0 Å². The van der Waals surface area contributed by atoms with Gasteiger partial charge in [0.1, 0.15) is 6.10 Å². The molecular weight excluding hydrogens is 224 g/mol. The zero-order chi connectivity index (χ0) is 12.1. The third-order valence-electron chi connectivity index (χ3n) is 2.62. The van der Waals surface area contributed by atoms with Gasteiger partial charge in [0.25, 0.3) is 0 Å². The van der Waals surface area contributed by atoms with Gasteiger partial charge in [-0.25, -0.2) is 0 Å². The summed E-state index contributed by atoms with van der Waals surface area (Å²) in [4.78, 5) is 12.9. The van der Waals surface area contributed by atoms with Gasteiger partial charge in [0.15, 0.2) is 0 Å². The molecule has 4 heteroatoms. The third-order valence-corrected chi connectivity index (χ3v) is 3.69. The number of hydrogen-bond acceptors (Lipinski definition) is 3. The van der Waals surface area contributed by atoms with Crippen molar-refractivity contribution in [1.82, 2.24) is 0 Å². The number of hydrogen-bond donors (Lipinski definition) is 2. The van der Waals surface area contributed by atoms with E-state index in [-0.39, 0.29) is 0 Å². The van der Waals surface area contributed by atoms with Crippen molar-refractivity contribution in [2.24, 2.45) is 5.92 Å². The molecule has 0 aliphatic rings. The molecule has 0 aliphatic carbocycles. The molecule has 0 saturated carbocycles. The highest BCUT2D eigenvalue weighted by molar-refractivity contribution is 7.12. The number of carboxylic acids is 1. The number of carbonyl (C=O) groups is 1. The van der Waals surface area contributed by atoms with Crippen molar-refractivity contribution in [2.75, 3.05) is 0 Å². The summed E-state index contributed by atoms with van der Waals surface area (Å²) in [5.41, 5.74) is 0. The summed E-state index contributed by atoms with van der Waals surface area (Å²) < 4.78 is 0. The molecule has 1 heterocycles. The van der Waals surface area contributed by atoms with Gasteiger partial charge in [0.05, 0.1) is 5.92 Å². The SMILES string of the molecule is CCCCC(C(=O)O)C(O)c1ccc(C)s1. The number of carboxylic acid groups (broad SMARTS) is 1. The van der Waals surface area contributed by atoms with Crippen molar-refractivity contribution in [3.63, 3.8) is 0 Å². The Morgan fingerprint density at radius 2 is 2.19 bits per heavy atom. The molecule has 3 nitrogen and oxygen atoms in total. The molecule has 0 aliphatic heterocycles. The Labute approximate surface area is 99.7 Å². The third kappa shape index (κ3) is 3.32. The predicted molar refractivity (Wildman–Crippen MR) is 64.7 cm³/mol. The minimum atomic E-state index is -0.910. The molecular formula is C12H18O3S. The summed E-state index contributed by atoms with van der Waals surface area (Å²) in [6.07, 6.45) is 1.44. The zero-order valence-corrected chi connectivity index (χ0v) is 10.5.